The first kappa shape index (κ1) is 23.2. The maximum absolute atomic E-state index is 13.5. The second kappa shape index (κ2) is 9.13. The van der Waals surface area contributed by atoms with Crippen LogP contribution < -0.4 is 0 Å². The van der Waals surface area contributed by atoms with E-state index in [-0.39, 0.29) is 29.4 Å². The molecule has 33 heavy (non-hydrogen) atoms. The van der Waals surface area contributed by atoms with E-state index in [2.05, 4.69) is 0 Å². The van der Waals surface area contributed by atoms with Crippen molar-refractivity contribution in [2.24, 2.45) is 0 Å². The molecule has 0 aromatic heterocycles. The number of rotatable bonds is 5. The van der Waals surface area contributed by atoms with Crippen molar-refractivity contribution in [2.75, 3.05) is 19.6 Å². The summed E-state index contributed by atoms with van der Waals surface area (Å²) in [7, 11) is -7.62. The molecule has 0 bridgehead atoms. The van der Waals surface area contributed by atoms with E-state index >= 15 is 0 Å². The number of benzene rings is 3. The molecule has 0 unspecified atom stereocenters. The highest BCUT2D eigenvalue weighted by Gasteiger charge is 2.36. The van der Waals surface area contributed by atoms with Gasteiger partial charge in [-0.05, 0) is 49.8 Å². The highest BCUT2D eigenvalue weighted by molar-refractivity contribution is 7.89. The molecule has 1 saturated heterocycles. The number of aryl methyl sites for hydroxylation is 2. The van der Waals surface area contributed by atoms with Gasteiger partial charge in [-0.15, -0.1) is 0 Å². The van der Waals surface area contributed by atoms with E-state index < -0.39 is 20.0 Å². The van der Waals surface area contributed by atoms with Gasteiger partial charge in [0, 0.05) is 18.8 Å². The van der Waals surface area contributed by atoms with Crippen LogP contribution in [0.25, 0.3) is 6.08 Å². The molecule has 3 aromatic rings. The zero-order chi connectivity index (χ0) is 23.6. The molecule has 1 aliphatic rings. The normalized spacial score (nSPS) is 16.8. The van der Waals surface area contributed by atoms with Crippen molar-refractivity contribution >= 4 is 26.1 Å². The maximum Gasteiger partial charge on any atom is 0.264 e. The number of piperazine rings is 1. The zero-order valence-electron chi connectivity index (χ0n) is 18.5. The first-order valence-electron chi connectivity index (χ1n) is 10.6. The first-order chi connectivity index (χ1) is 15.7. The summed E-state index contributed by atoms with van der Waals surface area (Å²) in [4.78, 5) is 0.379. The summed E-state index contributed by atoms with van der Waals surface area (Å²) in [6.07, 6.45) is 1.74. The summed E-state index contributed by atoms with van der Waals surface area (Å²) in [5.74, 6) is 0. The molecule has 0 saturated carbocycles. The second-order valence-corrected chi connectivity index (χ2v) is 11.9. The van der Waals surface area contributed by atoms with E-state index in [0.29, 0.717) is 5.70 Å². The molecule has 0 radical (unpaired) electrons. The molecule has 172 valence electrons. The van der Waals surface area contributed by atoms with Crippen LogP contribution in [-0.2, 0) is 20.0 Å². The van der Waals surface area contributed by atoms with E-state index in [4.69, 9.17) is 0 Å². The number of sulfonamides is 2. The Kier molecular flexibility index (Phi) is 6.43. The predicted molar refractivity (Wildman–Crippen MR) is 129 cm³/mol. The van der Waals surface area contributed by atoms with Crippen molar-refractivity contribution in [3.8, 4) is 0 Å². The Labute approximate surface area is 195 Å². The smallest absolute Gasteiger partial charge is 0.264 e. The summed E-state index contributed by atoms with van der Waals surface area (Å²) in [5.41, 5.74) is 3.13. The Morgan fingerprint density at radius 3 is 1.73 bits per heavy atom. The number of hydrogen-bond donors (Lipinski definition) is 0. The lowest BCUT2D eigenvalue weighted by Gasteiger charge is -2.36. The third-order valence-electron chi connectivity index (χ3n) is 5.61. The SMILES string of the molecule is Cc1ccc(S(=O)(=O)N2CCN(S(=O)(=O)c3ccc(C)cc3)/C(=C/c3ccccc3)C2)cc1. The Balaban J connectivity index is 1.73. The summed E-state index contributed by atoms with van der Waals surface area (Å²) in [6, 6.07) is 22.7. The number of nitrogens with zero attached hydrogens (tertiary/aromatic N) is 2. The highest BCUT2D eigenvalue weighted by Crippen LogP contribution is 2.28. The lowest BCUT2D eigenvalue weighted by molar-refractivity contribution is 0.323. The van der Waals surface area contributed by atoms with Gasteiger partial charge in [0.05, 0.1) is 16.3 Å². The fourth-order valence-electron chi connectivity index (χ4n) is 3.72. The van der Waals surface area contributed by atoms with Gasteiger partial charge in [-0.1, -0.05) is 65.7 Å². The molecule has 6 nitrogen and oxygen atoms in total. The fraction of sp³-hybridized carbons (Fsp3) is 0.200. The third-order valence-corrected chi connectivity index (χ3v) is 9.34. The Morgan fingerprint density at radius 2 is 1.18 bits per heavy atom. The van der Waals surface area contributed by atoms with E-state index in [1.54, 1.807) is 54.6 Å². The summed E-state index contributed by atoms with van der Waals surface area (Å²) >= 11 is 0. The van der Waals surface area contributed by atoms with Crippen LogP contribution >= 0.6 is 0 Å². The van der Waals surface area contributed by atoms with Crippen molar-refractivity contribution in [1.29, 1.82) is 0 Å². The van der Waals surface area contributed by atoms with Crippen LogP contribution in [0.15, 0.2) is 94.4 Å². The molecule has 1 heterocycles. The standard InChI is InChI=1S/C25H26N2O4S2/c1-20-8-12-24(13-9-20)32(28,29)26-16-17-27(23(19-26)18-22-6-4-3-5-7-22)33(30,31)25-14-10-21(2)11-15-25/h3-15,18H,16-17,19H2,1-2H3/b23-18+. The van der Waals surface area contributed by atoms with Crippen LogP contribution in [-0.4, -0.2) is 45.1 Å². The van der Waals surface area contributed by atoms with Gasteiger partial charge in [-0.3, -0.25) is 4.31 Å². The van der Waals surface area contributed by atoms with Gasteiger partial charge in [0.1, 0.15) is 0 Å². The van der Waals surface area contributed by atoms with Crippen LogP contribution in [0.4, 0.5) is 0 Å². The van der Waals surface area contributed by atoms with Gasteiger partial charge in [-0.25, -0.2) is 16.8 Å². The van der Waals surface area contributed by atoms with Crippen molar-refractivity contribution in [3.63, 3.8) is 0 Å². The van der Waals surface area contributed by atoms with E-state index in [1.807, 2.05) is 44.2 Å². The monoisotopic (exact) mass is 482 g/mol. The fourth-order valence-corrected chi connectivity index (χ4v) is 6.60. The second-order valence-electron chi connectivity index (χ2n) is 8.09. The highest BCUT2D eigenvalue weighted by atomic mass is 32.2. The minimum atomic E-state index is -3.84. The molecular weight excluding hydrogens is 456 g/mol. The Morgan fingerprint density at radius 1 is 0.667 bits per heavy atom. The van der Waals surface area contributed by atoms with Gasteiger partial charge < -0.3 is 0 Å². The van der Waals surface area contributed by atoms with Crippen LogP contribution in [0.3, 0.4) is 0 Å². The first-order valence-corrected chi connectivity index (χ1v) is 13.5. The maximum atomic E-state index is 13.5. The summed E-state index contributed by atoms with van der Waals surface area (Å²) in [5, 5.41) is 0. The molecule has 0 atom stereocenters. The largest absolute Gasteiger partial charge is 0.267 e. The molecule has 8 heteroatoms. The van der Waals surface area contributed by atoms with Crippen LogP contribution in [0.2, 0.25) is 0 Å². The van der Waals surface area contributed by atoms with Gasteiger partial charge in [0.2, 0.25) is 10.0 Å². The summed E-state index contributed by atoms with van der Waals surface area (Å²) < 4.78 is 56.2. The molecule has 0 spiro atoms. The molecule has 3 aromatic carbocycles. The number of hydrogen-bond acceptors (Lipinski definition) is 4. The Hall–Kier alpha value is -2.94. The lowest BCUT2D eigenvalue weighted by Crippen LogP contribution is -2.49. The minimum Gasteiger partial charge on any atom is -0.267 e. The average molecular weight is 483 g/mol. The minimum absolute atomic E-state index is 0.0277. The molecular formula is C25H26N2O4S2. The van der Waals surface area contributed by atoms with Gasteiger partial charge >= 0.3 is 0 Å². The molecule has 4 rings (SSSR count). The Bertz CT molecular complexity index is 1360. The van der Waals surface area contributed by atoms with Crippen LogP contribution in [0.5, 0.6) is 0 Å². The van der Waals surface area contributed by atoms with Crippen molar-refractivity contribution in [1.82, 2.24) is 8.61 Å². The predicted octanol–water partition coefficient (Wildman–Crippen LogP) is 4.04. The molecule has 0 aliphatic carbocycles. The topological polar surface area (TPSA) is 74.8 Å². The van der Waals surface area contributed by atoms with Crippen LogP contribution in [0, 0.1) is 13.8 Å². The van der Waals surface area contributed by atoms with Gasteiger partial charge in [0.15, 0.2) is 0 Å². The molecule has 0 amide bonds. The zero-order valence-corrected chi connectivity index (χ0v) is 20.2. The quantitative estimate of drug-likeness (QED) is 0.550. The average Bonchev–Trinajstić information content (AvgIpc) is 2.80. The van der Waals surface area contributed by atoms with Gasteiger partial charge in [0.25, 0.3) is 10.0 Å². The molecule has 1 fully saturated rings. The van der Waals surface area contributed by atoms with Crippen molar-refractivity contribution in [2.45, 2.75) is 23.6 Å². The van der Waals surface area contributed by atoms with Crippen molar-refractivity contribution in [3.05, 3.63) is 101 Å². The molecule has 1 aliphatic heterocycles. The summed E-state index contributed by atoms with van der Waals surface area (Å²) in [6.45, 7) is 3.83. The van der Waals surface area contributed by atoms with E-state index in [0.717, 1.165) is 16.7 Å². The van der Waals surface area contributed by atoms with Crippen molar-refractivity contribution < 1.29 is 16.8 Å². The third kappa shape index (κ3) is 4.88. The van der Waals surface area contributed by atoms with E-state index in [1.165, 1.54) is 8.61 Å². The lowest BCUT2D eigenvalue weighted by atomic mass is 10.2. The van der Waals surface area contributed by atoms with E-state index in [9.17, 15) is 16.8 Å². The van der Waals surface area contributed by atoms with Gasteiger partial charge in [-0.2, -0.15) is 4.31 Å². The van der Waals surface area contributed by atoms with Crippen LogP contribution in [0.1, 0.15) is 16.7 Å². The molecule has 0 N–H and O–H groups in total.